The summed E-state index contributed by atoms with van der Waals surface area (Å²) >= 11 is 5.28. The van der Waals surface area contributed by atoms with Crippen molar-refractivity contribution in [2.45, 2.75) is 12.6 Å². The summed E-state index contributed by atoms with van der Waals surface area (Å²) in [5, 5.41) is 5.60. The molecule has 3 aromatic rings. The average Bonchev–Trinajstić information content (AvgIpc) is 3.08. The van der Waals surface area contributed by atoms with Gasteiger partial charge in [-0.15, -0.1) is 11.3 Å². The maximum atomic E-state index is 6.48. The topological polar surface area (TPSA) is 53.1 Å². The molecule has 0 radical (unpaired) electrons. The molecule has 1 unspecified atom stereocenters. The lowest BCUT2D eigenvalue weighted by atomic mass is 10.1. The van der Waals surface area contributed by atoms with Gasteiger partial charge in [0.15, 0.2) is 0 Å². The Bertz CT molecular complexity index is 719. The fourth-order valence-electron chi connectivity index (χ4n) is 2.33. The number of thiophene rings is 1. The molecule has 0 aliphatic rings. The van der Waals surface area contributed by atoms with Gasteiger partial charge in [-0.25, -0.2) is 0 Å². The van der Waals surface area contributed by atoms with E-state index in [0.717, 1.165) is 15.0 Å². The van der Waals surface area contributed by atoms with E-state index in [0.29, 0.717) is 13.2 Å². The van der Waals surface area contributed by atoms with E-state index in [4.69, 9.17) is 10.5 Å². The van der Waals surface area contributed by atoms with Gasteiger partial charge in [0, 0.05) is 16.7 Å². The van der Waals surface area contributed by atoms with Crippen LogP contribution in [0.25, 0.3) is 10.1 Å². The number of ether oxygens (including phenoxy) is 1. The summed E-state index contributed by atoms with van der Waals surface area (Å²) in [5.41, 5.74) is 7.46. The first-order valence-corrected chi connectivity index (χ1v) is 8.26. The number of methoxy groups -OCH3 is 1. The van der Waals surface area contributed by atoms with E-state index in [2.05, 4.69) is 39.2 Å². The molecule has 21 heavy (non-hydrogen) atoms. The molecule has 2 aromatic heterocycles. The Morgan fingerprint density at radius 3 is 3.00 bits per heavy atom. The number of rotatable bonds is 5. The second-order valence-electron chi connectivity index (χ2n) is 4.76. The molecule has 0 amide bonds. The average molecular weight is 366 g/mol. The van der Waals surface area contributed by atoms with Crippen molar-refractivity contribution in [3.8, 4) is 0 Å². The number of halogens is 1. The SMILES string of the molecule is COCCn1ncc(Br)c1C(N)c1cc2ccccc2s1. The number of benzene rings is 1. The van der Waals surface area contributed by atoms with Crippen molar-refractivity contribution in [3.63, 3.8) is 0 Å². The Kier molecular flexibility index (Phi) is 4.40. The van der Waals surface area contributed by atoms with Crippen LogP contribution in [0.15, 0.2) is 41.0 Å². The van der Waals surface area contributed by atoms with Crippen LogP contribution in [0.5, 0.6) is 0 Å². The molecule has 0 bridgehead atoms. The van der Waals surface area contributed by atoms with E-state index in [1.54, 1.807) is 24.6 Å². The van der Waals surface area contributed by atoms with Gasteiger partial charge in [0.2, 0.25) is 0 Å². The lowest BCUT2D eigenvalue weighted by Crippen LogP contribution is -2.18. The van der Waals surface area contributed by atoms with Crippen molar-refractivity contribution in [1.29, 1.82) is 0 Å². The Morgan fingerprint density at radius 1 is 1.43 bits per heavy atom. The second-order valence-corrected chi connectivity index (χ2v) is 6.73. The summed E-state index contributed by atoms with van der Waals surface area (Å²) in [6, 6.07) is 10.3. The molecule has 1 aromatic carbocycles. The molecule has 1 atom stereocenters. The number of aromatic nitrogens is 2. The normalized spacial score (nSPS) is 12.9. The van der Waals surface area contributed by atoms with E-state index >= 15 is 0 Å². The molecule has 0 fully saturated rings. The van der Waals surface area contributed by atoms with E-state index < -0.39 is 0 Å². The second kappa shape index (κ2) is 6.27. The quantitative estimate of drug-likeness (QED) is 0.751. The maximum Gasteiger partial charge on any atom is 0.0828 e. The molecule has 2 N–H and O–H groups in total. The van der Waals surface area contributed by atoms with Crippen molar-refractivity contribution >= 4 is 37.4 Å². The van der Waals surface area contributed by atoms with Crippen molar-refractivity contribution in [2.24, 2.45) is 5.73 Å². The first-order chi connectivity index (χ1) is 10.2. The zero-order valence-electron chi connectivity index (χ0n) is 11.6. The Labute approximate surface area is 135 Å². The minimum Gasteiger partial charge on any atom is -0.383 e. The Morgan fingerprint density at radius 2 is 2.24 bits per heavy atom. The van der Waals surface area contributed by atoms with Crippen LogP contribution >= 0.6 is 27.3 Å². The summed E-state index contributed by atoms with van der Waals surface area (Å²) in [6.45, 7) is 1.30. The van der Waals surface area contributed by atoms with Gasteiger partial charge in [-0.05, 0) is 33.4 Å². The number of nitrogens with two attached hydrogens (primary N) is 1. The van der Waals surface area contributed by atoms with Crippen LogP contribution in [0.3, 0.4) is 0 Å². The van der Waals surface area contributed by atoms with Crippen LogP contribution in [0.4, 0.5) is 0 Å². The standard InChI is InChI=1S/C15H16BrN3OS/c1-20-7-6-19-15(11(16)9-18-19)14(17)13-8-10-4-2-3-5-12(10)21-13/h2-5,8-9,14H,6-7,17H2,1H3. The molecule has 0 saturated carbocycles. The van der Waals surface area contributed by atoms with Gasteiger partial charge in [-0.3, -0.25) is 4.68 Å². The van der Waals surface area contributed by atoms with Crippen LogP contribution in [0.1, 0.15) is 16.6 Å². The number of hydrogen-bond donors (Lipinski definition) is 1. The molecule has 0 aliphatic carbocycles. The Hall–Kier alpha value is -1.21. The third kappa shape index (κ3) is 2.89. The van der Waals surface area contributed by atoms with Gasteiger partial charge in [-0.2, -0.15) is 5.10 Å². The van der Waals surface area contributed by atoms with E-state index in [1.807, 2.05) is 16.8 Å². The van der Waals surface area contributed by atoms with Crippen LogP contribution in [0, 0.1) is 0 Å². The molecule has 3 rings (SSSR count). The number of hydrogen-bond acceptors (Lipinski definition) is 4. The summed E-state index contributed by atoms with van der Waals surface area (Å²) in [4.78, 5) is 1.14. The van der Waals surface area contributed by atoms with E-state index in [9.17, 15) is 0 Å². The molecule has 6 heteroatoms. The fourth-order valence-corrected chi connectivity index (χ4v) is 3.94. The van der Waals surface area contributed by atoms with Crippen molar-refractivity contribution in [1.82, 2.24) is 9.78 Å². The van der Waals surface area contributed by atoms with Crippen LogP contribution in [-0.4, -0.2) is 23.5 Å². The zero-order valence-corrected chi connectivity index (χ0v) is 14.0. The first kappa shape index (κ1) is 14.7. The number of fused-ring (bicyclic) bond motifs is 1. The van der Waals surface area contributed by atoms with Gasteiger partial charge in [0.1, 0.15) is 0 Å². The van der Waals surface area contributed by atoms with Crippen molar-refractivity contribution < 1.29 is 4.74 Å². The number of nitrogens with zero attached hydrogens (tertiary/aromatic N) is 2. The smallest absolute Gasteiger partial charge is 0.0828 e. The first-order valence-electron chi connectivity index (χ1n) is 6.65. The minimum absolute atomic E-state index is 0.198. The molecular weight excluding hydrogens is 350 g/mol. The molecule has 0 spiro atoms. The monoisotopic (exact) mass is 365 g/mol. The predicted octanol–water partition coefficient (Wildman–Crippen LogP) is 3.55. The molecular formula is C15H16BrN3OS. The van der Waals surface area contributed by atoms with Gasteiger partial charge in [0.25, 0.3) is 0 Å². The van der Waals surface area contributed by atoms with Crippen molar-refractivity contribution in [2.75, 3.05) is 13.7 Å². The minimum atomic E-state index is -0.198. The zero-order chi connectivity index (χ0) is 14.8. The highest BCUT2D eigenvalue weighted by Gasteiger charge is 2.20. The van der Waals surface area contributed by atoms with E-state index in [1.165, 1.54) is 10.1 Å². The largest absolute Gasteiger partial charge is 0.383 e. The lowest BCUT2D eigenvalue weighted by molar-refractivity contribution is 0.182. The van der Waals surface area contributed by atoms with Gasteiger partial charge >= 0.3 is 0 Å². The fraction of sp³-hybridized carbons (Fsp3) is 0.267. The Balaban J connectivity index is 1.97. The summed E-state index contributed by atoms with van der Waals surface area (Å²) in [6.07, 6.45) is 1.79. The summed E-state index contributed by atoms with van der Waals surface area (Å²) in [5.74, 6) is 0. The van der Waals surface area contributed by atoms with Gasteiger partial charge in [-0.1, -0.05) is 18.2 Å². The van der Waals surface area contributed by atoms with Crippen LogP contribution < -0.4 is 5.73 Å². The predicted molar refractivity (Wildman–Crippen MR) is 89.7 cm³/mol. The highest BCUT2D eigenvalue weighted by molar-refractivity contribution is 9.10. The third-order valence-corrected chi connectivity index (χ3v) is 5.20. The molecule has 2 heterocycles. The summed E-state index contributed by atoms with van der Waals surface area (Å²) < 4.78 is 9.22. The van der Waals surface area contributed by atoms with E-state index in [-0.39, 0.29) is 6.04 Å². The molecule has 4 nitrogen and oxygen atoms in total. The lowest BCUT2D eigenvalue weighted by Gasteiger charge is -2.13. The summed E-state index contributed by atoms with van der Waals surface area (Å²) in [7, 11) is 1.68. The molecule has 0 aliphatic heterocycles. The molecule has 110 valence electrons. The highest BCUT2D eigenvalue weighted by Crippen LogP contribution is 2.34. The van der Waals surface area contributed by atoms with Gasteiger partial charge < -0.3 is 10.5 Å². The van der Waals surface area contributed by atoms with Gasteiger partial charge in [0.05, 0.1) is 35.6 Å². The van der Waals surface area contributed by atoms with Crippen molar-refractivity contribution in [3.05, 3.63) is 51.6 Å². The van der Waals surface area contributed by atoms with Crippen LogP contribution in [0.2, 0.25) is 0 Å². The van der Waals surface area contributed by atoms with Crippen LogP contribution in [-0.2, 0) is 11.3 Å². The highest BCUT2D eigenvalue weighted by atomic mass is 79.9. The molecule has 0 saturated heterocycles. The maximum absolute atomic E-state index is 6.48. The third-order valence-electron chi connectivity index (χ3n) is 3.39.